The fourth-order valence-electron chi connectivity index (χ4n) is 3.64. The average molecular weight is 379 g/mol. The molecule has 4 aromatic rings. The Morgan fingerprint density at radius 2 is 1.83 bits per heavy atom. The minimum atomic E-state index is 0.887. The molecule has 0 radical (unpaired) electrons. The van der Waals surface area contributed by atoms with Gasteiger partial charge < -0.3 is 9.51 Å². The predicted octanol–water partition coefficient (Wildman–Crippen LogP) is 5.66. The molecular weight excluding hydrogens is 364 g/mol. The van der Waals surface area contributed by atoms with Crippen molar-refractivity contribution < 1.29 is 4.52 Å². The van der Waals surface area contributed by atoms with E-state index in [2.05, 4.69) is 63.3 Å². The molecule has 0 atom stereocenters. The lowest BCUT2D eigenvalue weighted by Crippen LogP contribution is -2.02. The molecule has 1 aliphatic carbocycles. The molecule has 118 valence electrons. The summed E-state index contributed by atoms with van der Waals surface area (Å²) in [5.74, 6) is 0.887. The Bertz CT molecular complexity index is 1070. The van der Waals surface area contributed by atoms with Gasteiger partial charge in [-0.05, 0) is 49.6 Å². The summed E-state index contributed by atoms with van der Waals surface area (Å²) in [4.78, 5) is 3.54. The van der Waals surface area contributed by atoms with Crippen LogP contribution in [-0.2, 0) is 12.8 Å². The zero-order valence-corrected chi connectivity index (χ0v) is 14.8. The molecule has 0 spiro atoms. The first-order valence-electron chi connectivity index (χ1n) is 8.07. The van der Waals surface area contributed by atoms with E-state index in [9.17, 15) is 0 Å². The van der Waals surface area contributed by atoms with Crippen LogP contribution in [0.5, 0.6) is 0 Å². The summed E-state index contributed by atoms with van der Waals surface area (Å²) in [6.45, 7) is 2.13. The Morgan fingerprint density at radius 3 is 2.67 bits per heavy atom. The number of nitrogens with zero attached hydrogens (tertiary/aromatic N) is 1. The van der Waals surface area contributed by atoms with Crippen LogP contribution in [0.4, 0.5) is 0 Å². The molecule has 1 N–H and O–H groups in total. The van der Waals surface area contributed by atoms with E-state index in [1.54, 1.807) is 0 Å². The molecule has 24 heavy (non-hydrogen) atoms. The number of halogens is 1. The maximum absolute atomic E-state index is 5.73. The van der Waals surface area contributed by atoms with Crippen LogP contribution in [0.15, 0.2) is 51.5 Å². The second kappa shape index (κ2) is 5.08. The number of hydrogen-bond acceptors (Lipinski definition) is 2. The van der Waals surface area contributed by atoms with Crippen molar-refractivity contribution >= 4 is 26.8 Å². The molecule has 3 nitrogen and oxygen atoms in total. The quantitative estimate of drug-likeness (QED) is 0.464. The molecule has 4 heteroatoms. The van der Waals surface area contributed by atoms with Crippen molar-refractivity contribution in [2.24, 2.45) is 0 Å². The Labute approximate surface area is 147 Å². The lowest BCUT2D eigenvalue weighted by atomic mass is 9.91. The molecule has 1 aliphatic rings. The number of benzene rings is 2. The highest BCUT2D eigenvalue weighted by Gasteiger charge is 2.27. The average Bonchev–Trinajstić information content (AvgIpc) is 3.16. The fraction of sp³-hybridized carbons (Fsp3) is 0.150. The van der Waals surface area contributed by atoms with Gasteiger partial charge in [-0.15, -0.1) is 0 Å². The molecule has 0 saturated carbocycles. The highest BCUT2D eigenvalue weighted by Crippen LogP contribution is 2.41. The number of rotatable bonds is 1. The van der Waals surface area contributed by atoms with E-state index in [0.29, 0.717) is 0 Å². The minimum absolute atomic E-state index is 0.887. The minimum Gasteiger partial charge on any atom is -0.355 e. The van der Waals surface area contributed by atoms with Gasteiger partial charge in [0.05, 0.1) is 5.69 Å². The van der Waals surface area contributed by atoms with Crippen LogP contribution in [-0.4, -0.2) is 10.1 Å². The Balaban J connectivity index is 1.70. The van der Waals surface area contributed by atoms with Crippen molar-refractivity contribution in [3.05, 3.63) is 63.6 Å². The summed E-state index contributed by atoms with van der Waals surface area (Å²) in [6.07, 6.45) is 1.97. The third-order valence-electron chi connectivity index (χ3n) is 4.82. The van der Waals surface area contributed by atoms with E-state index >= 15 is 0 Å². The monoisotopic (exact) mass is 378 g/mol. The molecule has 0 saturated heterocycles. The van der Waals surface area contributed by atoms with E-state index < -0.39 is 0 Å². The van der Waals surface area contributed by atoms with Crippen molar-refractivity contribution in [3.8, 4) is 22.7 Å². The van der Waals surface area contributed by atoms with Crippen LogP contribution in [0.2, 0.25) is 0 Å². The number of nitrogens with one attached hydrogen (secondary N) is 1. The smallest absolute Gasteiger partial charge is 0.170 e. The Kier molecular flexibility index (Phi) is 2.98. The van der Waals surface area contributed by atoms with E-state index in [1.165, 1.54) is 27.6 Å². The molecule has 0 unspecified atom stereocenters. The van der Waals surface area contributed by atoms with Gasteiger partial charge >= 0.3 is 0 Å². The molecule has 2 aromatic heterocycles. The zero-order chi connectivity index (χ0) is 16.3. The van der Waals surface area contributed by atoms with Crippen molar-refractivity contribution in [3.63, 3.8) is 0 Å². The number of H-pyrrole nitrogens is 1. The van der Waals surface area contributed by atoms with Crippen molar-refractivity contribution in [1.29, 1.82) is 0 Å². The molecule has 0 bridgehead atoms. The second-order valence-electron chi connectivity index (χ2n) is 6.37. The fourth-order valence-corrected chi connectivity index (χ4v) is 3.90. The summed E-state index contributed by atoms with van der Waals surface area (Å²) in [6, 6.07) is 14.7. The lowest BCUT2D eigenvalue weighted by molar-refractivity contribution is 0.434. The number of fused-ring (bicyclic) bond motifs is 5. The highest BCUT2D eigenvalue weighted by atomic mass is 79.9. The molecular formula is C20H15BrN2O. The SMILES string of the molecule is Cc1ccc2[nH]c3c(c2c1)CCc1c-3noc1-c1ccc(Br)cc1. The zero-order valence-electron chi connectivity index (χ0n) is 13.2. The van der Waals surface area contributed by atoms with Gasteiger partial charge in [-0.3, -0.25) is 0 Å². The molecule has 0 fully saturated rings. The highest BCUT2D eigenvalue weighted by molar-refractivity contribution is 9.10. The number of aromatic nitrogens is 2. The molecule has 2 aromatic carbocycles. The van der Waals surface area contributed by atoms with E-state index in [1.807, 2.05) is 12.1 Å². The first kappa shape index (κ1) is 14.1. The van der Waals surface area contributed by atoms with Gasteiger partial charge in [0.25, 0.3) is 0 Å². The van der Waals surface area contributed by atoms with Gasteiger partial charge in [0.1, 0.15) is 5.69 Å². The predicted molar refractivity (Wildman–Crippen MR) is 99.1 cm³/mol. The summed E-state index contributed by atoms with van der Waals surface area (Å²) in [5.41, 5.74) is 8.16. The summed E-state index contributed by atoms with van der Waals surface area (Å²) >= 11 is 3.48. The van der Waals surface area contributed by atoms with Crippen molar-refractivity contribution in [2.75, 3.05) is 0 Å². The normalized spacial score (nSPS) is 13.1. The Morgan fingerprint density at radius 1 is 1.04 bits per heavy atom. The van der Waals surface area contributed by atoms with Gasteiger partial charge in [-0.2, -0.15) is 0 Å². The Hall–Kier alpha value is -2.33. The topological polar surface area (TPSA) is 41.8 Å². The second-order valence-corrected chi connectivity index (χ2v) is 7.29. The summed E-state index contributed by atoms with van der Waals surface area (Å²) < 4.78 is 6.80. The first-order chi connectivity index (χ1) is 11.7. The standard InChI is InChI=1S/C20H15BrN2O/c1-11-2-9-17-16(10-11)14-7-8-15-19(18(14)22-17)23-24-20(15)12-3-5-13(21)6-4-12/h2-6,9-10,22H,7-8H2,1H3. The van der Waals surface area contributed by atoms with Crippen LogP contribution in [0.3, 0.4) is 0 Å². The summed E-state index contributed by atoms with van der Waals surface area (Å²) in [5, 5.41) is 5.71. The molecule has 5 rings (SSSR count). The summed E-state index contributed by atoms with van der Waals surface area (Å²) in [7, 11) is 0. The maximum atomic E-state index is 5.73. The van der Waals surface area contributed by atoms with Gasteiger partial charge in [-0.25, -0.2) is 0 Å². The van der Waals surface area contributed by atoms with E-state index in [0.717, 1.165) is 40.0 Å². The number of aromatic amines is 1. The van der Waals surface area contributed by atoms with Crippen LogP contribution >= 0.6 is 15.9 Å². The van der Waals surface area contributed by atoms with Gasteiger partial charge in [-0.1, -0.05) is 44.8 Å². The van der Waals surface area contributed by atoms with E-state index in [-0.39, 0.29) is 0 Å². The molecule has 0 amide bonds. The first-order valence-corrected chi connectivity index (χ1v) is 8.86. The van der Waals surface area contributed by atoms with Gasteiger partial charge in [0.15, 0.2) is 5.76 Å². The largest absolute Gasteiger partial charge is 0.355 e. The van der Waals surface area contributed by atoms with Crippen LogP contribution < -0.4 is 0 Å². The number of aryl methyl sites for hydroxylation is 2. The van der Waals surface area contributed by atoms with Crippen molar-refractivity contribution in [1.82, 2.24) is 10.1 Å². The maximum Gasteiger partial charge on any atom is 0.170 e. The van der Waals surface area contributed by atoms with Crippen LogP contribution in [0.1, 0.15) is 16.7 Å². The lowest BCUT2D eigenvalue weighted by Gasteiger charge is -2.11. The third-order valence-corrected chi connectivity index (χ3v) is 5.35. The van der Waals surface area contributed by atoms with Crippen LogP contribution in [0, 0.1) is 6.92 Å². The van der Waals surface area contributed by atoms with Crippen LogP contribution in [0.25, 0.3) is 33.6 Å². The molecule has 2 heterocycles. The third kappa shape index (κ3) is 1.99. The van der Waals surface area contributed by atoms with E-state index in [4.69, 9.17) is 4.52 Å². The van der Waals surface area contributed by atoms with Gasteiger partial charge in [0.2, 0.25) is 0 Å². The number of hydrogen-bond donors (Lipinski definition) is 1. The van der Waals surface area contributed by atoms with Gasteiger partial charge in [0, 0.05) is 26.5 Å². The molecule has 0 aliphatic heterocycles. The van der Waals surface area contributed by atoms with Crippen molar-refractivity contribution in [2.45, 2.75) is 19.8 Å².